The van der Waals surface area contributed by atoms with Gasteiger partial charge in [-0.2, -0.15) is 0 Å². The SMILES string of the molecule is c1ccc(-n2c(-c3ccc(-n4c5ccccc5c5ccccc54)cc3)nnc2-c2ccncn2)cc1. The maximum atomic E-state index is 4.58. The van der Waals surface area contributed by atoms with Gasteiger partial charge in [0.1, 0.15) is 12.0 Å². The molecule has 0 unspecified atom stereocenters. The van der Waals surface area contributed by atoms with Crippen molar-refractivity contribution in [2.45, 2.75) is 0 Å². The van der Waals surface area contributed by atoms with E-state index in [4.69, 9.17) is 0 Å². The highest BCUT2D eigenvalue weighted by Gasteiger charge is 2.18. The summed E-state index contributed by atoms with van der Waals surface area (Å²) in [4.78, 5) is 8.45. The summed E-state index contributed by atoms with van der Waals surface area (Å²) in [6.45, 7) is 0. The van der Waals surface area contributed by atoms with E-state index < -0.39 is 0 Å². The van der Waals surface area contributed by atoms with E-state index in [0.29, 0.717) is 5.82 Å². The molecule has 7 aromatic rings. The minimum absolute atomic E-state index is 0.671. The van der Waals surface area contributed by atoms with Crippen molar-refractivity contribution in [2.75, 3.05) is 0 Å². The van der Waals surface area contributed by atoms with Gasteiger partial charge in [0.25, 0.3) is 0 Å². The van der Waals surface area contributed by atoms with Gasteiger partial charge in [0.05, 0.1) is 11.0 Å². The van der Waals surface area contributed by atoms with Gasteiger partial charge in [0, 0.05) is 33.9 Å². The van der Waals surface area contributed by atoms with E-state index in [2.05, 4.69) is 97.5 Å². The third-order valence-corrected chi connectivity index (χ3v) is 6.45. The van der Waals surface area contributed by atoms with Crippen LogP contribution in [0.5, 0.6) is 0 Å². The smallest absolute Gasteiger partial charge is 0.187 e. The van der Waals surface area contributed by atoms with Crippen LogP contribution >= 0.6 is 0 Å². The first kappa shape index (κ1) is 20.3. The van der Waals surface area contributed by atoms with E-state index in [1.807, 2.05) is 41.0 Å². The topological polar surface area (TPSA) is 61.4 Å². The maximum Gasteiger partial charge on any atom is 0.187 e. The zero-order chi connectivity index (χ0) is 23.9. The lowest BCUT2D eigenvalue weighted by molar-refractivity contribution is 1.04. The Morgan fingerprint density at radius 2 is 1.11 bits per heavy atom. The normalized spacial score (nSPS) is 11.3. The summed E-state index contributed by atoms with van der Waals surface area (Å²) in [5, 5.41) is 11.6. The van der Waals surface area contributed by atoms with Gasteiger partial charge in [-0.3, -0.25) is 4.57 Å². The van der Waals surface area contributed by atoms with E-state index in [1.54, 1.807) is 6.20 Å². The average molecular weight is 465 g/mol. The van der Waals surface area contributed by atoms with Gasteiger partial charge in [-0.15, -0.1) is 10.2 Å². The van der Waals surface area contributed by atoms with E-state index in [0.717, 1.165) is 28.5 Å². The Labute approximate surface area is 207 Å². The van der Waals surface area contributed by atoms with Crippen molar-refractivity contribution in [2.24, 2.45) is 0 Å². The van der Waals surface area contributed by atoms with Crippen molar-refractivity contribution in [1.29, 1.82) is 0 Å². The van der Waals surface area contributed by atoms with Crippen LogP contribution in [0.3, 0.4) is 0 Å². The lowest BCUT2D eigenvalue weighted by Gasteiger charge is -2.12. The molecular weight excluding hydrogens is 444 g/mol. The lowest BCUT2D eigenvalue weighted by atomic mass is 10.1. The van der Waals surface area contributed by atoms with Crippen molar-refractivity contribution in [3.05, 3.63) is 122 Å². The lowest BCUT2D eigenvalue weighted by Crippen LogP contribution is -2.01. The number of benzene rings is 4. The molecule has 0 bridgehead atoms. The molecule has 0 amide bonds. The number of aromatic nitrogens is 6. The van der Waals surface area contributed by atoms with Crippen LogP contribution in [0, 0.1) is 0 Å². The van der Waals surface area contributed by atoms with E-state index in [9.17, 15) is 0 Å². The van der Waals surface area contributed by atoms with Gasteiger partial charge in [-0.25, -0.2) is 9.97 Å². The molecule has 3 heterocycles. The molecule has 6 nitrogen and oxygen atoms in total. The highest BCUT2D eigenvalue weighted by atomic mass is 15.3. The Hall–Kier alpha value is -5.10. The zero-order valence-corrected chi connectivity index (χ0v) is 19.2. The molecule has 170 valence electrons. The van der Waals surface area contributed by atoms with Crippen molar-refractivity contribution >= 4 is 21.8 Å². The van der Waals surface area contributed by atoms with Crippen LogP contribution < -0.4 is 0 Å². The molecular formula is C30H20N6. The number of hydrogen-bond acceptors (Lipinski definition) is 4. The summed E-state index contributed by atoms with van der Waals surface area (Å²) < 4.78 is 4.35. The fraction of sp³-hybridized carbons (Fsp3) is 0. The molecule has 0 aliphatic heterocycles. The molecule has 0 saturated carbocycles. The molecule has 36 heavy (non-hydrogen) atoms. The highest BCUT2D eigenvalue weighted by molar-refractivity contribution is 6.09. The Morgan fingerprint density at radius 1 is 0.500 bits per heavy atom. The van der Waals surface area contributed by atoms with Crippen molar-refractivity contribution in [3.8, 4) is 34.3 Å². The second-order valence-electron chi connectivity index (χ2n) is 8.53. The molecule has 0 fully saturated rings. The Morgan fingerprint density at radius 3 is 1.78 bits per heavy atom. The number of fused-ring (bicyclic) bond motifs is 3. The van der Waals surface area contributed by atoms with Crippen molar-refractivity contribution < 1.29 is 0 Å². The van der Waals surface area contributed by atoms with Gasteiger partial charge in [0.2, 0.25) is 0 Å². The quantitative estimate of drug-likeness (QED) is 0.299. The monoisotopic (exact) mass is 464 g/mol. The minimum atomic E-state index is 0.671. The Bertz CT molecular complexity index is 1760. The Balaban J connectivity index is 1.39. The van der Waals surface area contributed by atoms with Crippen LogP contribution in [0.25, 0.3) is 56.1 Å². The number of nitrogens with zero attached hydrogens (tertiary/aromatic N) is 6. The molecule has 4 aromatic carbocycles. The number of hydrogen-bond donors (Lipinski definition) is 0. The van der Waals surface area contributed by atoms with Crippen LogP contribution in [0.2, 0.25) is 0 Å². The van der Waals surface area contributed by atoms with E-state index in [1.165, 1.54) is 28.1 Å². The second kappa shape index (κ2) is 8.29. The minimum Gasteiger partial charge on any atom is -0.309 e. The third kappa shape index (κ3) is 3.20. The van der Waals surface area contributed by atoms with Gasteiger partial charge in [-0.05, 0) is 54.6 Å². The van der Waals surface area contributed by atoms with Gasteiger partial charge in [0.15, 0.2) is 11.6 Å². The maximum absolute atomic E-state index is 4.58. The predicted molar refractivity (Wildman–Crippen MR) is 142 cm³/mol. The van der Waals surface area contributed by atoms with Crippen molar-refractivity contribution in [1.82, 2.24) is 29.3 Å². The molecule has 0 aliphatic rings. The van der Waals surface area contributed by atoms with Gasteiger partial charge >= 0.3 is 0 Å². The standard InChI is InChI=1S/C30H20N6/c1-2-8-22(9-3-1)36-29(33-34-30(36)26-18-19-31-20-32-26)21-14-16-23(17-15-21)35-27-12-6-4-10-24(27)25-11-5-7-13-28(25)35/h1-20H. The highest BCUT2D eigenvalue weighted by Crippen LogP contribution is 2.33. The molecule has 0 saturated heterocycles. The summed E-state index contributed by atoms with van der Waals surface area (Å²) in [6.07, 6.45) is 3.24. The molecule has 7 rings (SSSR count). The first-order valence-electron chi connectivity index (χ1n) is 11.7. The Kier molecular flexibility index (Phi) is 4.67. The molecule has 0 spiro atoms. The van der Waals surface area contributed by atoms with Crippen LogP contribution in [0.1, 0.15) is 0 Å². The number of para-hydroxylation sites is 3. The molecule has 0 radical (unpaired) electrons. The first-order valence-corrected chi connectivity index (χ1v) is 11.7. The van der Waals surface area contributed by atoms with E-state index in [-0.39, 0.29) is 0 Å². The summed E-state index contributed by atoms with van der Waals surface area (Å²) >= 11 is 0. The largest absolute Gasteiger partial charge is 0.309 e. The molecule has 3 aromatic heterocycles. The molecule has 0 aliphatic carbocycles. The van der Waals surface area contributed by atoms with Crippen LogP contribution in [0.15, 0.2) is 122 Å². The van der Waals surface area contributed by atoms with Crippen LogP contribution in [-0.2, 0) is 0 Å². The summed E-state index contributed by atoms with van der Waals surface area (Å²) in [5.41, 5.74) is 6.12. The van der Waals surface area contributed by atoms with E-state index >= 15 is 0 Å². The second-order valence-corrected chi connectivity index (χ2v) is 8.53. The zero-order valence-electron chi connectivity index (χ0n) is 19.2. The fourth-order valence-electron chi connectivity index (χ4n) is 4.84. The molecule has 6 heteroatoms. The first-order chi connectivity index (χ1) is 17.9. The molecule has 0 N–H and O–H groups in total. The van der Waals surface area contributed by atoms with Crippen LogP contribution in [0.4, 0.5) is 0 Å². The summed E-state index contributed by atoms with van der Waals surface area (Å²) in [5.74, 6) is 1.42. The number of rotatable bonds is 4. The molecule has 0 atom stereocenters. The predicted octanol–water partition coefficient (Wildman–Crippen LogP) is 6.49. The summed E-state index contributed by atoms with van der Waals surface area (Å²) in [6, 6.07) is 37.5. The van der Waals surface area contributed by atoms with Gasteiger partial charge < -0.3 is 4.57 Å². The van der Waals surface area contributed by atoms with Crippen molar-refractivity contribution in [3.63, 3.8) is 0 Å². The third-order valence-electron chi connectivity index (χ3n) is 6.45. The average Bonchev–Trinajstić information content (AvgIpc) is 3.54. The van der Waals surface area contributed by atoms with Gasteiger partial charge in [-0.1, -0.05) is 54.6 Å². The van der Waals surface area contributed by atoms with Crippen LogP contribution in [-0.4, -0.2) is 29.3 Å². The summed E-state index contributed by atoms with van der Waals surface area (Å²) in [7, 11) is 0. The fourth-order valence-corrected chi connectivity index (χ4v) is 4.84.